The van der Waals surface area contributed by atoms with Gasteiger partial charge in [0.2, 0.25) is 5.91 Å². The predicted octanol–water partition coefficient (Wildman–Crippen LogP) is 1.80. The molecule has 5 heteroatoms. The lowest BCUT2D eigenvalue weighted by Gasteiger charge is -2.16. The minimum Gasteiger partial charge on any atom is -0.351 e. The fourth-order valence-electron chi connectivity index (χ4n) is 3.00. The summed E-state index contributed by atoms with van der Waals surface area (Å²) in [5.74, 6) is 0.672. The van der Waals surface area contributed by atoms with Crippen LogP contribution < -0.4 is 5.32 Å². The number of nitrogens with one attached hydrogen (secondary N) is 1. The molecule has 3 rings (SSSR count). The summed E-state index contributed by atoms with van der Waals surface area (Å²) in [5.41, 5.74) is 0. The highest BCUT2D eigenvalue weighted by molar-refractivity contribution is 7.13. The summed E-state index contributed by atoms with van der Waals surface area (Å²) in [6.45, 7) is 3.45. The minimum absolute atomic E-state index is 0.112. The lowest BCUT2D eigenvalue weighted by Crippen LogP contribution is -2.39. The molecule has 19 heavy (non-hydrogen) atoms. The highest BCUT2D eigenvalue weighted by Crippen LogP contribution is 2.27. The molecule has 1 aromatic heterocycles. The van der Waals surface area contributed by atoms with Gasteiger partial charge in [-0.05, 0) is 37.8 Å². The van der Waals surface area contributed by atoms with Crippen LogP contribution in [0.4, 0.5) is 0 Å². The lowest BCUT2D eigenvalue weighted by atomic mass is 9.99. The Labute approximate surface area is 116 Å². The molecule has 3 heterocycles. The summed E-state index contributed by atoms with van der Waals surface area (Å²) >= 11 is 1.54. The molecule has 0 radical (unpaired) electrons. The molecule has 0 unspecified atom stereocenters. The van der Waals surface area contributed by atoms with Gasteiger partial charge in [-0.15, -0.1) is 11.3 Å². The van der Waals surface area contributed by atoms with Crippen molar-refractivity contribution in [2.45, 2.75) is 32.2 Å². The Balaban J connectivity index is 1.71. The highest BCUT2D eigenvalue weighted by atomic mass is 32.1. The van der Waals surface area contributed by atoms with E-state index >= 15 is 0 Å². The van der Waals surface area contributed by atoms with Crippen molar-refractivity contribution in [1.29, 1.82) is 0 Å². The fourth-order valence-corrected chi connectivity index (χ4v) is 3.84. The first-order valence-electron chi connectivity index (χ1n) is 6.78. The van der Waals surface area contributed by atoms with Crippen LogP contribution in [0.3, 0.4) is 0 Å². The van der Waals surface area contributed by atoms with Crippen LogP contribution in [0.1, 0.15) is 33.8 Å². The third kappa shape index (κ3) is 2.52. The van der Waals surface area contributed by atoms with Crippen LogP contribution in [0, 0.1) is 12.8 Å². The molecule has 0 aromatic carbocycles. The maximum atomic E-state index is 12.4. The Kier molecular flexibility index (Phi) is 3.31. The summed E-state index contributed by atoms with van der Waals surface area (Å²) in [4.78, 5) is 27.8. The summed E-state index contributed by atoms with van der Waals surface area (Å²) < 4.78 is 0. The van der Waals surface area contributed by atoms with E-state index in [4.69, 9.17) is 0 Å². The Hall–Kier alpha value is -1.36. The van der Waals surface area contributed by atoms with Crippen LogP contribution in [-0.4, -0.2) is 35.8 Å². The van der Waals surface area contributed by atoms with E-state index in [1.54, 1.807) is 11.3 Å². The number of thiophene rings is 1. The molecule has 2 aliphatic rings. The SMILES string of the molecule is Cc1ccc(C(=O)N2C[C@H]3CCCC(=O)N[C@H]3C2)s1. The zero-order valence-corrected chi connectivity index (χ0v) is 11.8. The van der Waals surface area contributed by atoms with Crippen molar-refractivity contribution in [3.05, 3.63) is 21.9 Å². The zero-order valence-electron chi connectivity index (χ0n) is 11.0. The predicted molar refractivity (Wildman–Crippen MR) is 74.2 cm³/mol. The molecule has 2 atom stereocenters. The van der Waals surface area contributed by atoms with Gasteiger partial charge in [-0.1, -0.05) is 0 Å². The second-order valence-corrected chi connectivity index (χ2v) is 6.73. The highest BCUT2D eigenvalue weighted by Gasteiger charge is 2.37. The number of hydrogen-bond acceptors (Lipinski definition) is 3. The van der Waals surface area contributed by atoms with E-state index in [1.807, 2.05) is 24.0 Å². The second-order valence-electron chi connectivity index (χ2n) is 5.45. The first-order valence-corrected chi connectivity index (χ1v) is 7.60. The molecule has 4 nitrogen and oxygen atoms in total. The average Bonchev–Trinajstić information content (AvgIpc) is 2.92. The van der Waals surface area contributed by atoms with E-state index in [1.165, 1.54) is 0 Å². The van der Waals surface area contributed by atoms with Crippen molar-refractivity contribution < 1.29 is 9.59 Å². The summed E-state index contributed by atoms with van der Waals surface area (Å²) in [6, 6.07) is 4.03. The standard InChI is InChI=1S/C14H18N2O2S/c1-9-5-6-12(19-9)14(18)16-7-10-3-2-4-13(17)15-11(10)8-16/h5-6,10-11H,2-4,7-8H2,1H3,(H,15,17)/t10-,11+/m1/s1. The molecular weight excluding hydrogens is 260 g/mol. The summed E-state index contributed by atoms with van der Waals surface area (Å²) in [6.07, 6.45) is 2.61. The van der Waals surface area contributed by atoms with Gasteiger partial charge in [-0.3, -0.25) is 9.59 Å². The van der Waals surface area contributed by atoms with E-state index in [0.29, 0.717) is 18.9 Å². The van der Waals surface area contributed by atoms with Gasteiger partial charge < -0.3 is 10.2 Å². The quantitative estimate of drug-likeness (QED) is 0.851. The van der Waals surface area contributed by atoms with Crippen molar-refractivity contribution >= 4 is 23.2 Å². The maximum absolute atomic E-state index is 12.4. The van der Waals surface area contributed by atoms with Crippen molar-refractivity contribution in [2.75, 3.05) is 13.1 Å². The number of aryl methyl sites for hydroxylation is 1. The van der Waals surface area contributed by atoms with E-state index < -0.39 is 0 Å². The normalized spacial score (nSPS) is 26.8. The van der Waals surface area contributed by atoms with Crippen LogP contribution >= 0.6 is 11.3 Å². The lowest BCUT2D eigenvalue weighted by molar-refractivity contribution is -0.121. The van der Waals surface area contributed by atoms with Gasteiger partial charge in [-0.2, -0.15) is 0 Å². The molecule has 2 aliphatic heterocycles. The van der Waals surface area contributed by atoms with Gasteiger partial charge in [-0.25, -0.2) is 0 Å². The monoisotopic (exact) mass is 278 g/mol. The van der Waals surface area contributed by atoms with Gasteiger partial charge in [0.15, 0.2) is 0 Å². The number of rotatable bonds is 1. The first kappa shape index (κ1) is 12.7. The third-order valence-corrected chi connectivity index (χ3v) is 4.99. The molecule has 0 saturated carbocycles. The van der Waals surface area contributed by atoms with E-state index in [-0.39, 0.29) is 17.9 Å². The first-order chi connectivity index (χ1) is 9.13. The molecule has 1 N–H and O–H groups in total. The van der Waals surface area contributed by atoms with Crippen molar-refractivity contribution in [1.82, 2.24) is 10.2 Å². The molecule has 2 saturated heterocycles. The van der Waals surface area contributed by atoms with Gasteiger partial charge in [0.05, 0.1) is 10.9 Å². The molecule has 2 fully saturated rings. The molecule has 1 aromatic rings. The van der Waals surface area contributed by atoms with Gasteiger partial charge >= 0.3 is 0 Å². The van der Waals surface area contributed by atoms with Crippen molar-refractivity contribution in [3.8, 4) is 0 Å². The molecule has 0 aliphatic carbocycles. The molecular formula is C14H18N2O2S. The van der Waals surface area contributed by atoms with Gasteiger partial charge in [0.1, 0.15) is 0 Å². The topological polar surface area (TPSA) is 49.4 Å². The van der Waals surface area contributed by atoms with Gasteiger partial charge in [0, 0.05) is 24.4 Å². The number of carbonyl (C=O) groups is 2. The third-order valence-electron chi connectivity index (χ3n) is 4.00. The van der Waals surface area contributed by atoms with Crippen molar-refractivity contribution in [3.63, 3.8) is 0 Å². The Morgan fingerprint density at radius 3 is 3.00 bits per heavy atom. The number of hydrogen-bond donors (Lipinski definition) is 1. The maximum Gasteiger partial charge on any atom is 0.264 e. The summed E-state index contributed by atoms with van der Waals surface area (Å²) in [5, 5.41) is 3.05. The fraction of sp³-hybridized carbons (Fsp3) is 0.571. The second kappa shape index (κ2) is 4.96. The average molecular weight is 278 g/mol. The van der Waals surface area contributed by atoms with Crippen LogP contribution in [0.25, 0.3) is 0 Å². The van der Waals surface area contributed by atoms with Crippen LogP contribution in [0.15, 0.2) is 12.1 Å². The molecule has 0 bridgehead atoms. The van der Waals surface area contributed by atoms with E-state index in [2.05, 4.69) is 5.32 Å². The van der Waals surface area contributed by atoms with E-state index in [9.17, 15) is 9.59 Å². The number of fused-ring (bicyclic) bond motifs is 1. The Bertz CT molecular complexity index is 511. The smallest absolute Gasteiger partial charge is 0.264 e. The van der Waals surface area contributed by atoms with E-state index in [0.717, 1.165) is 29.1 Å². The van der Waals surface area contributed by atoms with Gasteiger partial charge in [0.25, 0.3) is 5.91 Å². The van der Waals surface area contributed by atoms with Crippen LogP contribution in [0.2, 0.25) is 0 Å². The minimum atomic E-state index is 0.112. The van der Waals surface area contributed by atoms with Crippen LogP contribution in [-0.2, 0) is 4.79 Å². The zero-order chi connectivity index (χ0) is 13.4. The largest absolute Gasteiger partial charge is 0.351 e. The molecule has 2 amide bonds. The number of nitrogens with zero attached hydrogens (tertiary/aromatic N) is 1. The summed E-state index contributed by atoms with van der Waals surface area (Å²) in [7, 11) is 0. The Morgan fingerprint density at radius 1 is 1.42 bits per heavy atom. The number of likely N-dealkylation sites (tertiary alicyclic amines) is 1. The van der Waals surface area contributed by atoms with Crippen molar-refractivity contribution in [2.24, 2.45) is 5.92 Å². The number of amides is 2. The molecule has 102 valence electrons. The molecule has 0 spiro atoms. The van der Waals surface area contributed by atoms with Crippen LogP contribution in [0.5, 0.6) is 0 Å². The Morgan fingerprint density at radius 2 is 2.26 bits per heavy atom. The number of carbonyl (C=O) groups excluding carboxylic acids is 2.